The molecule has 4 bridgehead atoms. The smallest absolute Gasteiger partial charge is 0.308 e. The molecule has 6 heteroatoms. The molecule has 2 aliphatic carbocycles. The highest BCUT2D eigenvalue weighted by Gasteiger charge is 2.52. The maximum Gasteiger partial charge on any atom is 0.308 e. The number of fused-ring (bicyclic) bond motifs is 4. The summed E-state index contributed by atoms with van der Waals surface area (Å²) in [5.74, 6) is -1.70. The minimum Gasteiger partial charge on any atom is -0.433 e. The Labute approximate surface area is 142 Å². The van der Waals surface area contributed by atoms with Gasteiger partial charge in [0.05, 0.1) is 12.2 Å². The summed E-state index contributed by atoms with van der Waals surface area (Å²) >= 11 is 0. The zero-order valence-electron chi connectivity index (χ0n) is 14.1. The lowest BCUT2D eigenvalue weighted by molar-refractivity contribution is -0.348. The molecular formula is C18H26O6. The van der Waals surface area contributed by atoms with E-state index in [4.69, 9.17) is 18.9 Å². The van der Waals surface area contributed by atoms with Gasteiger partial charge >= 0.3 is 11.9 Å². The van der Waals surface area contributed by atoms with E-state index in [1.807, 2.05) is 0 Å². The Hall–Kier alpha value is -1.14. The molecule has 0 aromatic rings. The van der Waals surface area contributed by atoms with Crippen LogP contribution in [0.25, 0.3) is 0 Å². The van der Waals surface area contributed by atoms with E-state index in [0.29, 0.717) is 25.7 Å². The van der Waals surface area contributed by atoms with Gasteiger partial charge in [0, 0.05) is 38.5 Å². The highest BCUT2D eigenvalue weighted by Crippen LogP contribution is 2.46. The molecule has 0 aromatic heterocycles. The van der Waals surface area contributed by atoms with Crippen LogP contribution in [0.5, 0.6) is 0 Å². The van der Waals surface area contributed by atoms with Crippen LogP contribution in [-0.4, -0.2) is 35.7 Å². The van der Waals surface area contributed by atoms with E-state index >= 15 is 0 Å². The van der Waals surface area contributed by atoms with Gasteiger partial charge in [-0.2, -0.15) is 0 Å². The summed E-state index contributed by atoms with van der Waals surface area (Å²) in [7, 11) is 0. The van der Waals surface area contributed by atoms with E-state index < -0.39 is 11.6 Å². The van der Waals surface area contributed by atoms with Crippen molar-refractivity contribution in [2.24, 2.45) is 0 Å². The van der Waals surface area contributed by atoms with Gasteiger partial charge in [0.25, 0.3) is 0 Å². The number of esters is 2. The molecule has 0 spiro atoms. The van der Waals surface area contributed by atoms with Gasteiger partial charge in [0.15, 0.2) is 0 Å². The van der Waals surface area contributed by atoms with Crippen molar-refractivity contribution in [3.63, 3.8) is 0 Å². The first-order valence-corrected chi connectivity index (χ1v) is 9.36. The number of rotatable bonds is 7. The lowest BCUT2D eigenvalue weighted by Gasteiger charge is -2.50. The fourth-order valence-corrected chi connectivity index (χ4v) is 4.41. The third-order valence-corrected chi connectivity index (χ3v) is 5.62. The molecule has 4 aliphatic heterocycles. The van der Waals surface area contributed by atoms with Crippen LogP contribution >= 0.6 is 0 Å². The van der Waals surface area contributed by atoms with Gasteiger partial charge in [-0.25, -0.2) is 0 Å². The Bertz CT molecular complexity index is 447. The molecule has 6 fully saturated rings. The number of hydrogen-bond acceptors (Lipinski definition) is 6. The average Bonchev–Trinajstić information content (AvgIpc) is 2.51. The summed E-state index contributed by atoms with van der Waals surface area (Å²) in [5, 5.41) is 0. The molecule has 0 N–H and O–H groups in total. The van der Waals surface area contributed by atoms with E-state index in [-0.39, 0.29) is 24.1 Å². The zero-order valence-corrected chi connectivity index (χ0v) is 14.1. The van der Waals surface area contributed by atoms with Gasteiger partial charge in [0.2, 0.25) is 11.6 Å². The Morgan fingerprint density at radius 3 is 1.58 bits per heavy atom. The normalized spacial score (nSPS) is 39.3. The molecule has 4 heterocycles. The summed E-state index contributed by atoms with van der Waals surface area (Å²) in [4.78, 5) is 23.8. The molecule has 0 aromatic carbocycles. The molecule has 0 radical (unpaired) electrons. The average molecular weight is 338 g/mol. The van der Waals surface area contributed by atoms with Crippen molar-refractivity contribution < 1.29 is 28.5 Å². The third-order valence-electron chi connectivity index (χ3n) is 5.62. The lowest BCUT2D eigenvalue weighted by atomic mass is 9.85. The van der Waals surface area contributed by atoms with Crippen molar-refractivity contribution in [2.75, 3.05) is 0 Å². The number of carbonyl (C=O) groups excluding carboxylic acids is 2. The van der Waals surface area contributed by atoms with Crippen LogP contribution in [0.3, 0.4) is 0 Å². The van der Waals surface area contributed by atoms with E-state index in [2.05, 4.69) is 0 Å². The van der Waals surface area contributed by atoms with Crippen molar-refractivity contribution in [3.8, 4) is 0 Å². The number of carbonyl (C=O) groups is 2. The number of unbranched alkanes of at least 4 members (excludes halogenated alkanes) is 1. The second kappa shape index (κ2) is 6.30. The minimum absolute atomic E-state index is 0.222. The van der Waals surface area contributed by atoms with Gasteiger partial charge in [0.1, 0.15) is 0 Å². The number of ether oxygens (including phenoxy) is 4. The second-order valence-electron chi connectivity index (χ2n) is 7.65. The predicted molar refractivity (Wildman–Crippen MR) is 82.8 cm³/mol. The Morgan fingerprint density at radius 2 is 1.25 bits per heavy atom. The van der Waals surface area contributed by atoms with Gasteiger partial charge in [-0.15, -0.1) is 0 Å². The predicted octanol–water partition coefficient (Wildman–Crippen LogP) is 2.97. The maximum atomic E-state index is 11.9. The standard InChI is InChI=1S/C18H26O6/c19-15(23-17-9-3-5-13(11-17)21-17)7-1-2-8-16(20)24-18-10-4-6-14(12-18)22-18/h13-14H,1-12H2. The number of hydrogen-bond donors (Lipinski definition) is 0. The molecule has 4 atom stereocenters. The fourth-order valence-electron chi connectivity index (χ4n) is 4.41. The first kappa shape index (κ1) is 16.3. The first-order chi connectivity index (χ1) is 11.6. The van der Waals surface area contributed by atoms with Crippen molar-refractivity contribution in [1.29, 1.82) is 0 Å². The van der Waals surface area contributed by atoms with Crippen LogP contribution in [0.4, 0.5) is 0 Å². The van der Waals surface area contributed by atoms with Crippen molar-refractivity contribution in [3.05, 3.63) is 0 Å². The molecule has 4 saturated heterocycles. The summed E-state index contributed by atoms with van der Waals surface area (Å²) in [6.45, 7) is 0. The molecular weight excluding hydrogens is 312 g/mol. The maximum absolute atomic E-state index is 11.9. The van der Waals surface area contributed by atoms with Crippen LogP contribution in [0.2, 0.25) is 0 Å². The Balaban J connectivity index is 1.10. The van der Waals surface area contributed by atoms with Crippen LogP contribution in [0.15, 0.2) is 0 Å². The van der Waals surface area contributed by atoms with Gasteiger partial charge < -0.3 is 18.9 Å². The molecule has 2 saturated carbocycles. The second-order valence-corrected chi connectivity index (χ2v) is 7.65. The summed E-state index contributed by atoms with van der Waals surface area (Å²) < 4.78 is 22.3. The van der Waals surface area contributed by atoms with Gasteiger partial charge in [-0.05, 0) is 38.5 Å². The minimum atomic E-state index is -0.628. The van der Waals surface area contributed by atoms with Crippen molar-refractivity contribution in [1.82, 2.24) is 0 Å². The Kier molecular flexibility index (Phi) is 4.29. The van der Waals surface area contributed by atoms with Gasteiger partial charge in [-0.1, -0.05) is 0 Å². The SMILES string of the molecule is O=C(CCCCC(=O)OC12CCCC(C1)O2)OC12CCCC(C1)O2. The summed E-state index contributed by atoms with van der Waals surface area (Å²) in [5.41, 5.74) is 0. The zero-order chi connectivity index (χ0) is 16.6. The monoisotopic (exact) mass is 338 g/mol. The molecule has 4 unspecified atom stereocenters. The van der Waals surface area contributed by atoms with E-state index in [1.165, 1.54) is 0 Å². The quantitative estimate of drug-likeness (QED) is 0.525. The molecule has 6 aliphatic rings. The largest absolute Gasteiger partial charge is 0.433 e. The summed E-state index contributed by atoms with van der Waals surface area (Å²) in [6, 6.07) is 0. The van der Waals surface area contributed by atoms with Crippen molar-refractivity contribution >= 4 is 11.9 Å². The topological polar surface area (TPSA) is 71.1 Å². The molecule has 24 heavy (non-hydrogen) atoms. The molecule has 134 valence electrons. The van der Waals surface area contributed by atoms with Gasteiger partial charge in [-0.3, -0.25) is 9.59 Å². The first-order valence-electron chi connectivity index (χ1n) is 9.36. The molecule has 6 rings (SSSR count). The van der Waals surface area contributed by atoms with Crippen molar-refractivity contribution in [2.45, 2.75) is 101 Å². The highest BCUT2D eigenvalue weighted by atomic mass is 16.7. The highest BCUT2D eigenvalue weighted by molar-refractivity contribution is 5.71. The lowest BCUT2D eigenvalue weighted by Crippen LogP contribution is -2.56. The van der Waals surface area contributed by atoms with Crippen LogP contribution in [0, 0.1) is 0 Å². The molecule has 0 amide bonds. The van der Waals surface area contributed by atoms with Crippen LogP contribution in [0.1, 0.15) is 77.0 Å². The fraction of sp³-hybridized carbons (Fsp3) is 0.889. The summed E-state index contributed by atoms with van der Waals surface area (Å²) in [6.07, 6.45) is 10.1. The van der Waals surface area contributed by atoms with E-state index in [9.17, 15) is 9.59 Å². The van der Waals surface area contributed by atoms with E-state index in [1.54, 1.807) is 0 Å². The van der Waals surface area contributed by atoms with Crippen LogP contribution in [-0.2, 0) is 28.5 Å². The molecule has 6 nitrogen and oxygen atoms in total. The van der Waals surface area contributed by atoms with E-state index in [0.717, 1.165) is 51.4 Å². The Morgan fingerprint density at radius 1 is 0.833 bits per heavy atom. The van der Waals surface area contributed by atoms with Crippen LogP contribution < -0.4 is 0 Å². The third kappa shape index (κ3) is 3.31.